The summed E-state index contributed by atoms with van der Waals surface area (Å²) in [5, 5.41) is 0. The maximum absolute atomic E-state index is 12.9. The summed E-state index contributed by atoms with van der Waals surface area (Å²) in [5.74, 6) is -0.657. The predicted octanol–water partition coefficient (Wildman–Crippen LogP) is 3.34. The van der Waals surface area contributed by atoms with Gasteiger partial charge in [0.25, 0.3) is 0 Å². The van der Waals surface area contributed by atoms with E-state index in [1.165, 1.54) is 54.6 Å². The molecule has 0 aliphatic carbocycles. The van der Waals surface area contributed by atoms with Crippen molar-refractivity contribution in [2.75, 3.05) is 0 Å². The fourth-order valence-electron chi connectivity index (χ4n) is 2.49. The number of hydrogen-bond donors (Lipinski definition) is 1. The zero-order chi connectivity index (χ0) is 19.4. The second kappa shape index (κ2) is 7.59. The number of nitrogens with two attached hydrogens (primary N) is 1. The third-order valence-electron chi connectivity index (χ3n) is 3.89. The summed E-state index contributed by atoms with van der Waals surface area (Å²) < 4.78 is 44.0. The van der Waals surface area contributed by atoms with Crippen molar-refractivity contribution in [1.82, 2.24) is 0 Å². The minimum absolute atomic E-state index is 0.0433. The number of primary amides is 1. The molecule has 27 heavy (non-hydrogen) atoms. The van der Waals surface area contributed by atoms with Crippen LogP contribution >= 0.6 is 0 Å². The molecule has 1 amide bonds. The number of ether oxygens (including phenoxy) is 1. The van der Waals surface area contributed by atoms with Gasteiger partial charge in [-0.1, -0.05) is 24.3 Å². The van der Waals surface area contributed by atoms with Crippen molar-refractivity contribution < 1.29 is 22.3 Å². The average Bonchev–Trinajstić information content (AvgIpc) is 2.68. The van der Waals surface area contributed by atoms with Crippen molar-refractivity contribution in [3.05, 3.63) is 89.7 Å². The molecule has 0 spiro atoms. The summed E-state index contributed by atoms with van der Waals surface area (Å²) in [7, 11) is -3.89. The topological polar surface area (TPSA) is 86.5 Å². The largest absolute Gasteiger partial charge is 0.489 e. The third kappa shape index (κ3) is 4.15. The van der Waals surface area contributed by atoms with Gasteiger partial charge in [0, 0.05) is 0 Å². The zero-order valence-corrected chi connectivity index (χ0v) is 14.9. The Hall–Kier alpha value is -3.19. The van der Waals surface area contributed by atoms with E-state index in [1.54, 1.807) is 18.2 Å². The van der Waals surface area contributed by atoms with E-state index in [2.05, 4.69) is 0 Å². The van der Waals surface area contributed by atoms with E-state index in [9.17, 15) is 17.6 Å². The van der Waals surface area contributed by atoms with Crippen LogP contribution in [0.3, 0.4) is 0 Å². The van der Waals surface area contributed by atoms with Gasteiger partial charge in [0.15, 0.2) is 0 Å². The van der Waals surface area contributed by atoms with Crippen molar-refractivity contribution in [2.24, 2.45) is 5.73 Å². The van der Waals surface area contributed by atoms with E-state index in [0.717, 1.165) is 5.56 Å². The number of sulfone groups is 1. The summed E-state index contributed by atoms with van der Waals surface area (Å²) >= 11 is 0. The molecule has 0 saturated heterocycles. The molecular formula is C20H16FNO4S. The Labute approximate surface area is 156 Å². The first kappa shape index (κ1) is 18.6. The minimum atomic E-state index is -3.89. The van der Waals surface area contributed by atoms with Crippen molar-refractivity contribution >= 4 is 15.7 Å². The summed E-state index contributed by atoms with van der Waals surface area (Å²) in [6.07, 6.45) is 0. The number of benzene rings is 3. The highest BCUT2D eigenvalue weighted by Crippen LogP contribution is 2.24. The van der Waals surface area contributed by atoms with Gasteiger partial charge in [-0.25, -0.2) is 12.8 Å². The van der Waals surface area contributed by atoms with Crippen LogP contribution in [-0.2, 0) is 16.4 Å². The second-order valence-corrected chi connectivity index (χ2v) is 7.67. The monoisotopic (exact) mass is 385 g/mol. The van der Waals surface area contributed by atoms with Gasteiger partial charge in [0.05, 0.1) is 15.4 Å². The molecule has 5 nitrogen and oxygen atoms in total. The van der Waals surface area contributed by atoms with Crippen LogP contribution in [0.15, 0.2) is 82.6 Å². The highest BCUT2D eigenvalue weighted by atomic mass is 32.2. The molecule has 3 aromatic carbocycles. The van der Waals surface area contributed by atoms with Gasteiger partial charge in [-0.3, -0.25) is 4.79 Å². The number of carbonyl (C=O) groups excluding carboxylic acids is 1. The number of rotatable bonds is 6. The molecule has 0 fully saturated rings. The van der Waals surface area contributed by atoms with Crippen LogP contribution in [0, 0.1) is 5.82 Å². The summed E-state index contributed by atoms with van der Waals surface area (Å²) in [4.78, 5) is 11.4. The lowest BCUT2D eigenvalue weighted by Gasteiger charge is -2.10. The first-order chi connectivity index (χ1) is 12.9. The smallest absolute Gasteiger partial charge is 0.250 e. The number of halogens is 1. The fourth-order valence-corrected chi connectivity index (χ4v) is 3.96. The SMILES string of the molecule is NC(=O)c1ccccc1S(=O)(=O)c1ccc(COc2ccc(F)cc2)cc1. The van der Waals surface area contributed by atoms with Crippen molar-refractivity contribution in [1.29, 1.82) is 0 Å². The average molecular weight is 385 g/mol. The Morgan fingerprint density at radius 3 is 2.19 bits per heavy atom. The molecule has 0 radical (unpaired) electrons. The lowest BCUT2D eigenvalue weighted by Crippen LogP contribution is -2.16. The lowest BCUT2D eigenvalue weighted by atomic mass is 10.2. The molecule has 3 rings (SSSR count). The van der Waals surface area contributed by atoms with E-state index in [1.807, 2.05) is 0 Å². The normalized spacial score (nSPS) is 11.1. The molecule has 0 saturated carbocycles. The molecule has 0 aliphatic rings. The molecule has 7 heteroatoms. The molecule has 0 aromatic heterocycles. The highest BCUT2D eigenvalue weighted by molar-refractivity contribution is 7.91. The molecule has 0 atom stereocenters. The van der Waals surface area contributed by atoms with E-state index in [4.69, 9.17) is 10.5 Å². The number of amides is 1. The molecule has 0 aliphatic heterocycles. The van der Waals surface area contributed by atoms with Crippen LogP contribution in [0.4, 0.5) is 4.39 Å². The first-order valence-electron chi connectivity index (χ1n) is 7.99. The number of hydrogen-bond acceptors (Lipinski definition) is 4. The molecular weight excluding hydrogens is 369 g/mol. The van der Waals surface area contributed by atoms with E-state index in [0.29, 0.717) is 5.75 Å². The van der Waals surface area contributed by atoms with Crippen LogP contribution in [0.1, 0.15) is 15.9 Å². The second-order valence-electron chi connectivity index (χ2n) is 5.75. The Morgan fingerprint density at radius 1 is 0.926 bits per heavy atom. The maximum atomic E-state index is 12.9. The van der Waals surface area contributed by atoms with Gasteiger partial charge in [0.2, 0.25) is 15.7 Å². The molecule has 138 valence electrons. The summed E-state index contributed by atoms with van der Waals surface area (Å²) in [6.45, 7) is 0.198. The molecule has 0 heterocycles. The van der Waals surface area contributed by atoms with Gasteiger partial charge in [-0.05, 0) is 54.1 Å². The van der Waals surface area contributed by atoms with E-state index < -0.39 is 15.7 Å². The van der Waals surface area contributed by atoms with Crippen LogP contribution in [0.5, 0.6) is 5.75 Å². The third-order valence-corrected chi connectivity index (χ3v) is 5.72. The van der Waals surface area contributed by atoms with Crippen LogP contribution in [0.2, 0.25) is 0 Å². The van der Waals surface area contributed by atoms with Crippen molar-refractivity contribution in [3.63, 3.8) is 0 Å². The number of carbonyl (C=O) groups is 1. The van der Waals surface area contributed by atoms with Crippen molar-refractivity contribution in [3.8, 4) is 5.75 Å². The van der Waals surface area contributed by atoms with Crippen molar-refractivity contribution in [2.45, 2.75) is 16.4 Å². The highest BCUT2D eigenvalue weighted by Gasteiger charge is 2.23. The predicted molar refractivity (Wildman–Crippen MR) is 97.6 cm³/mol. The van der Waals surface area contributed by atoms with E-state index >= 15 is 0 Å². The van der Waals surface area contributed by atoms with Gasteiger partial charge < -0.3 is 10.5 Å². The standard InChI is InChI=1S/C20H16FNO4S/c21-15-7-9-16(10-8-15)26-13-14-5-11-17(12-6-14)27(24,25)19-4-2-1-3-18(19)20(22)23/h1-12H,13H2,(H2,22,23). The summed E-state index contributed by atoms with van der Waals surface area (Å²) in [5.41, 5.74) is 5.96. The van der Waals surface area contributed by atoms with Gasteiger partial charge in [-0.15, -0.1) is 0 Å². The molecule has 3 aromatic rings. The Kier molecular flexibility index (Phi) is 5.23. The van der Waals surface area contributed by atoms with Gasteiger partial charge in [0.1, 0.15) is 18.2 Å². The van der Waals surface area contributed by atoms with Crippen LogP contribution in [-0.4, -0.2) is 14.3 Å². The zero-order valence-electron chi connectivity index (χ0n) is 14.1. The van der Waals surface area contributed by atoms with Gasteiger partial charge in [-0.2, -0.15) is 0 Å². The quantitative estimate of drug-likeness (QED) is 0.705. The summed E-state index contributed by atoms with van der Waals surface area (Å²) in [6, 6.07) is 17.5. The lowest BCUT2D eigenvalue weighted by molar-refractivity contribution is 0.0997. The molecule has 2 N–H and O–H groups in total. The fraction of sp³-hybridized carbons (Fsp3) is 0.0500. The van der Waals surface area contributed by atoms with Crippen LogP contribution < -0.4 is 10.5 Å². The molecule has 0 unspecified atom stereocenters. The van der Waals surface area contributed by atoms with E-state index in [-0.39, 0.29) is 27.8 Å². The molecule has 0 bridgehead atoms. The Bertz CT molecular complexity index is 1060. The minimum Gasteiger partial charge on any atom is -0.489 e. The Morgan fingerprint density at radius 2 is 1.56 bits per heavy atom. The Balaban J connectivity index is 1.80. The van der Waals surface area contributed by atoms with Gasteiger partial charge >= 0.3 is 0 Å². The first-order valence-corrected chi connectivity index (χ1v) is 9.47. The van der Waals surface area contributed by atoms with Crippen LogP contribution in [0.25, 0.3) is 0 Å². The maximum Gasteiger partial charge on any atom is 0.250 e.